The van der Waals surface area contributed by atoms with Crippen molar-refractivity contribution in [2.45, 2.75) is 13.1 Å². The third kappa shape index (κ3) is 4.18. The molecule has 0 N–H and O–H groups in total. The Bertz CT molecular complexity index is 898. The van der Waals surface area contributed by atoms with E-state index in [1.54, 1.807) is 31.2 Å². The Morgan fingerprint density at radius 2 is 1.85 bits per heavy atom. The average molecular weight is 382 g/mol. The van der Waals surface area contributed by atoms with Crippen molar-refractivity contribution in [1.82, 2.24) is 10.1 Å². The smallest absolute Gasteiger partial charge is 0.455 e. The molecule has 0 spiro atoms. The summed E-state index contributed by atoms with van der Waals surface area (Å²) in [6.07, 6.45) is -4.24. The summed E-state index contributed by atoms with van der Waals surface area (Å²) in [7, 11) is 3.93. The predicted molar refractivity (Wildman–Crippen MR) is 90.7 cm³/mol. The van der Waals surface area contributed by atoms with E-state index in [2.05, 4.69) is 9.89 Å². The zero-order valence-corrected chi connectivity index (χ0v) is 15.0. The number of benzene rings is 1. The molecule has 0 unspecified atom stereocenters. The normalized spacial score (nSPS) is 12.0. The minimum Gasteiger partial charge on any atom is -0.465 e. The number of allylic oxidation sites excluding steroid dienone is 1. The molecule has 0 aliphatic heterocycles. The van der Waals surface area contributed by atoms with Gasteiger partial charge in [0.15, 0.2) is 5.76 Å². The van der Waals surface area contributed by atoms with Gasteiger partial charge in [-0.05, 0) is 12.5 Å². The van der Waals surface area contributed by atoms with Crippen molar-refractivity contribution < 1.29 is 32.0 Å². The number of nitrogens with zero attached hydrogens (tertiary/aromatic N) is 2. The molecule has 9 heteroatoms. The maximum Gasteiger partial charge on any atom is 0.455 e. The third-order valence-electron chi connectivity index (χ3n) is 3.62. The topological polar surface area (TPSA) is 72.6 Å². The summed E-state index contributed by atoms with van der Waals surface area (Å²) in [6.45, 7) is 1.74. The maximum absolute atomic E-state index is 13.1. The number of Topliss-reactive ketones (excluding diaryl/α,β-unsaturated/α-hetero) is 1. The van der Waals surface area contributed by atoms with E-state index in [0.29, 0.717) is 11.1 Å². The van der Waals surface area contributed by atoms with E-state index in [1.165, 1.54) is 19.0 Å². The Balaban J connectivity index is 2.77. The molecule has 0 fully saturated rings. The average Bonchev–Trinajstić information content (AvgIpc) is 3.02. The van der Waals surface area contributed by atoms with E-state index in [1.807, 2.05) is 0 Å². The van der Waals surface area contributed by atoms with E-state index in [-0.39, 0.29) is 11.3 Å². The first-order valence-corrected chi connectivity index (χ1v) is 7.72. The molecule has 1 aromatic heterocycles. The minimum absolute atomic E-state index is 0.00502. The lowest BCUT2D eigenvalue weighted by molar-refractivity contribution is -0.164. The Labute approximate surface area is 153 Å². The second kappa shape index (κ2) is 7.65. The van der Waals surface area contributed by atoms with Crippen molar-refractivity contribution in [2.75, 3.05) is 21.2 Å². The number of halogens is 3. The summed E-state index contributed by atoms with van der Waals surface area (Å²) < 4.78 is 48.9. The van der Waals surface area contributed by atoms with E-state index < -0.39 is 29.3 Å². The lowest BCUT2D eigenvalue weighted by Crippen LogP contribution is -2.25. The highest BCUT2D eigenvalue weighted by atomic mass is 19.4. The molecular formula is C18H17F3N2O4. The van der Waals surface area contributed by atoms with Crippen LogP contribution in [0.15, 0.2) is 35.0 Å². The Morgan fingerprint density at radius 3 is 2.37 bits per heavy atom. The van der Waals surface area contributed by atoms with Crippen molar-refractivity contribution >= 4 is 17.3 Å². The van der Waals surface area contributed by atoms with Gasteiger partial charge in [-0.1, -0.05) is 29.4 Å². The highest BCUT2D eigenvalue weighted by Crippen LogP contribution is 2.35. The van der Waals surface area contributed by atoms with Gasteiger partial charge in [0.1, 0.15) is 11.3 Å². The molecule has 0 saturated carbocycles. The fourth-order valence-electron chi connectivity index (χ4n) is 2.42. The van der Waals surface area contributed by atoms with Gasteiger partial charge in [-0.2, -0.15) is 13.2 Å². The van der Waals surface area contributed by atoms with Gasteiger partial charge < -0.3 is 14.2 Å². The quantitative estimate of drug-likeness (QED) is 0.582. The SMILES string of the molecule is COC(=O)c1c(-c2ccccc2C)noc1/C(=C/N(C)C)C(=O)C(F)(F)F. The number of ketones is 1. The fourth-order valence-corrected chi connectivity index (χ4v) is 2.42. The minimum atomic E-state index is -5.16. The molecule has 0 saturated heterocycles. The molecule has 2 rings (SSSR count). The molecule has 0 bridgehead atoms. The summed E-state index contributed by atoms with van der Waals surface area (Å²) in [5.41, 5.74) is -0.0216. The van der Waals surface area contributed by atoms with Gasteiger partial charge in [-0.15, -0.1) is 0 Å². The number of carbonyl (C=O) groups excluding carboxylic acids is 2. The molecule has 2 aromatic rings. The van der Waals surface area contributed by atoms with Crippen molar-refractivity contribution in [2.24, 2.45) is 0 Å². The number of aryl methyl sites for hydroxylation is 1. The van der Waals surface area contributed by atoms with E-state index in [0.717, 1.165) is 13.3 Å². The standard InChI is InChI=1S/C18H17F3N2O4/c1-10-7-5-6-8-11(10)14-13(17(25)26-4)15(27-22-14)12(9-23(2)3)16(24)18(19,20)21/h5-9H,1-4H3/b12-9-. The second-order valence-electron chi connectivity index (χ2n) is 5.88. The number of rotatable bonds is 5. The van der Waals surface area contributed by atoms with Crippen molar-refractivity contribution in [1.29, 1.82) is 0 Å². The first-order valence-electron chi connectivity index (χ1n) is 7.72. The van der Waals surface area contributed by atoms with Crippen molar-refractivity contribution in [3.05, 3.63) is 47.4 Å². The molecule has 6 nitrogen and oxygen atoms in total. The van der Waals surface area contributed by atoms with Crippen LogP contribution in [0.4, 0.5) is 13.2 Å². The first kappa shape index (κ1) is 20.2. The van der Waals surface area contributed by atoms with Crippen LogP contribution in [0.1, 0.15) is 21.7 Å². The summed E-state index contributed by atoms with van der Waals surface area (Å²) in [5.74, 6) is -3.73. The molecule has 0 aliphatic carbocycles. The van der Waals surface area contributed by atoms with E-state index in [4.69, 9.17) is 4.52 Å². The number of alkyl halides is 3. The first-order chi connectivity index (χ1) is 12.6. The third-order valence-corrected chi connectivity index (χ3v) is 3.62. The molecule has 0 radical (unpaired) electrons. The number of aromatic nitrogens is 1. The number of esters is 1. The van der Waals surface area contributed by atoms with Crippen molar-refractivity contribution in [3.8, 4) is 11.3 Å². The van der Waals surface area contributed by atoms with Crippen LogP contribution >= 0.6 is 0 Å². The zero-order chi connectivity index (χ0) is 20.4. The molecule has 0 amide bonds. The fraction of sp³-hybridized carbons (Fsp3) is 0.278. The van der Waals surface area contributed by atoms with Gasteiger partial charge >= 0.3 is 12.1 Å². The lowest BCUT2D eigenvalue weighted by Gasteiger charge is -2.12. The van der Waals surface area contributed by atoms with Crippen LogP contribution in [0.3, 0.4) is 0 Å². The van der Waals surface area contributed by atoms with Crippen LogP contribution in [0.5, 0.6) is 0 Å². The van der Waals surface area contributed by atoms with E-state index >= 15 is 0 Å². The molecule has 1 heterocycles. The van der Waals surface area contributed by atoms with Gasteiger partial charge in [0, 0.05) is 25.9 Å². The van der Waals surface area contributed by atoms with Crippen molar-refractivity contribution in [3.63, 3.8) is 0 Å². The highest BCUT2D eigenvalue weighted by molar-refractivity contribution is 6.24. The van der Waals surface area contributed by atoms with E-state index in [9.17, 15) is 22.8 Å². The number of methoxy groups -OCH3 is 1. The van der Waals surface area contributed by atoms with Crippen LogP contribution in [0.25, 0.3) is 16.8 Å². The predicted octanol–water partition coefficient (Wildman–Crippen LogP) is 3.47. The number of carbonyl (C=O) groups is 2. The Morgan fingerprint density at radius 1 is 1.22 bits per heavy atom. The summed E-state index contributed by atoms with van der Waals surface area (Å²) in [5, 5.41) is 3.75. The van der Waals surface area contributed by atoms with Gasteiger partial charge in [0.2, 0.25) is 0 Å². The van der Waals surface area contributed by atoms with Gasteiger partial charge in [-0.25, -0.2) is 4.79 Å². The maximum atomic E-state index is 13.1. The molecule has 1 aromatic carbocycles. The molecule has 27 heavy (non-hydrogen) atoms. The largest absolute Gasteiger partial charge is 0.465 e. The van der Waals surface area contributed by atoms with Crippen LogP contribution < -0.4 is 0 Å². The van der Waals surface area contributed by atoms with Crippen LogP contribution in [-0.2, 0) is 9.53 Å². The Hall–Kier alpha value is -3.10. The number of ether oxygens (including phenoxy) is 1. The lowest BCUT2D eigenvalue weighted by atomic mass is 9.98. The van der Waals surface area contributed by atoms with Gasteiger partial charge in [-0.3, -0.25) is 4.79 Å². The highest BCUT2D eigenvalue weighted by Gasteiger charge is 2.44. The van der Waals surface area contributed by atoms with Gasteiger partial charge in [0.25, 0.3) is 5.78 Å². The summed E-state index contributed by atoms with van der Waals surface area (Å²) >= 11 is 0. The monoisotopic (exact) mass is 382 g/mol. The number of hydrogen-bond acceptors (Lipinski definition) is 6. The zero-order valence-electron chi connectivity index (χ0n) is 15.0. The Kier molecular flexibility index (Phi) is 5.72. The van der Waals surface area contributed by atoms with Crippen LogP contribution in [0.2, 0.25) is 0 Å². The molecule has 0 atom stereocenters. The summed E-state index contributed by atoms with van der Waals surface area (Å²) in [4.78, 5) is 25.5. The molecule has 144 valence electrons. The van der Waals surface area contributed by atoms with Gasteiger partial charge in [0.05, 0.1) is 12.7 Å². The molecule has 0 aliphatic rings. The molecular weight excluding hydrogens is 365 g/mol. The summed E-state index contributed by atoms with van der Waals surface area (Å²) in [6, 6.07) is 6.80. The van der Waals surface area contributed by atoms with Crippen LogP contribution in [0, 0.1) is 6.92 Å². The second-order valence-corrected chi connectivity index (χ2v) is 5.88. The van der Waals surface area contributed by atoms with Crippen LogP contribution in [-0.4, -0.2) is 49.2 Å². The number of hydrogen-bond donors (Lipinski definition) is 0.